The molecule has 6 nitrogen and oxygen atoms in total. The van der Waals surface area contributed by atoms with Crippen molar-refractivity contribution < 1.29 is 18.4 Å². The molecule has 4 rings (SSSR count). The summed E-state index contributed by atoms with van der Waals surface area (Å²) in [6.45, 7) is 0. The first-order valence-electron chi connectivity index (χ1n) is 10.9. The third-order valence-electron chi connectivity index (χ3n) is 5.01. The number of carbonyl (C=O) groups excluding carboxylic acids is 2. The van der Waals surface area contributed by atoms with Gasteiger partial charge in [-0.1, -0.05) is 35.9 Å². The number of hydrazone groups is 1. The van der Waals surface area contributed by atoms with E-state index in [4.69, 9.17) is 16.0 Å². The Hall–Kier alpha value is -3.88. The maximum Gasteiger partial charge on any atom is 0.273 e. The van der Waals surface area contributed by atoms with Crippen LogP contribution in [0.25, 0.3) is 0 Å². The van der Waals surface area contributed by atoms with E-state index in [-0.39, 0.29) is 23.0 Å². The fourth-order valence-corrected chi connectivity index (χ4v) is 4.30. The monoisotopic (exact) mass is 521 g/mol. The lowest BCUT2D eigenvalue weighted by atomic mass is 10.1. The van der Waals surface area contributed by atoms with E-state index in [1.165, 1.54) is 36.5 Å². The van der Waals surface area contributed by atoms with Crippen molar-refractivity contribution in [3.63, 3.8) is 0 Å². The molecule has 0 bridgehead atoms. The topological polar surface area (TPSA) is 83.7 Å². The Kier molecular flexibility index (Phi) is 8.54. The molecule has 182 valence electrons. The maximum absolute atomic E-state index is 13.0. The number of nitrogens with zero attached hydrogens (tertiary/aromatic N) is 1. The van der Waals surface area contributed by atoms with Crippen LogP contribution in [0.1, 0.15) is 37.6 Å². The molecule has 9 heteroatoms. The van der Waals surface area contributed by atoms with Gasteiger partial charge in [-0.05, 0) is 65.7 Å². The minimum atomic E-state index is -0.561. The smallest absolute Gasteiger partial charge is 0.273 e. The van der Waals surface area contributed by atoms with E-state index in [1.54, 1.807) is 36.2 Å². The SMILES string of the molecule is O=C(Nc1ccc(Cl)cc1C(=O)NN=Cc1ccc(F)cc1)c1cccc(CSCc2ccco2)c1. The number of benzene rings is 3. The van der Waals surface area contributed by atoms with Crippen LogP contribution in [0.4, 0.5) is 10.1 Å². The summed E-state index contributed by atoms with van der Waals surface area (Å²) in [5.74, 6) is 1.05. The Labute approximate surface area is 216 Å². The molecule has 1 aromatic heterocycles. The third kappa shape index (κ3) is 7.07. The number of amides is 2. The lowest BCUT2D eigenvalue weighted by Gasteiger charge is -2.11. The molecule has 36 heavy (non-hydrogen) atoms. The van der Waals surface area contributed by atoms with Crippen molar-refractivity contribution in [2.45, 2.75) is 11.5 Å². The number of halogens is 2. The first kappa shape index (κ1) is 25.2. The molecular weight excluding hydrogens is 501 g/mol. The van der Waals surface area contributed by atoms with E-state index < -0.39 is 5.91 Å². The standard InChI is InChI=1S/C27H21ClFN3O3S/c28-21-8-11-25(24(14-21)27(34)32-30-15-18-6-9-22(29)10-7-18)31-26(33)20-4-1-3-19(13-20)16-36-17-23-5-2-12-35-23/h1-15H,16-17H2,(H,31,33)(H,32,34). The van der Waals surface area contributed by atoms with Crippen LogP contribution in [0, 0.1) is 5.82 Å². The first-order chi connectivity index (χ1) is 17.5. The predicted octanol–water partition coefficient (Wildman–Crippen LogP) is 6.52. The Morgan fingerprint density at radius 3 is 2.58 bits per heavy atom. The van der Waals surface area contributed by atoms with E-state index in [1.807, 2.05) is 30.3 Å². The summed E-state index contributed by atoms with van der Waals surface area (Å²) in [4.78, 5) is 25.7. The Bertz CT molecular complexity index is 1380. The molecule has 2 N–H and O–H groups in total. The van der Waals surface area contributed by atoms with Gasteiger partial charge in [0.1, 0.15) is 11.6 Å². The van der Waals surface area contributed by atoms with Gasteiger partial charge in [-0.2, -0.15) is 5.10 Å². The summed E-state index contributed by atoms with van der Waals surface area (Å²) in [6, 6.07) is 21.3. The molecule has 0 fully saturated rings. The number of carbonyl (C=O) groups is 2. The number of furan rings is 1. The van der Waals surface area contributed by atoms with Crippen LogP contribution in [-0.4, -0.2) is 18.0 Å². The maximum atomic E-state index is 13.0. The zero-order chi connectivity index (χ0) is 25.3. The number of rotatable bonds is 9. The highest BCUT2D eigenvalue weighted by Gasteiger charge is 2.15. The van der Waals surface area contributed by atoms with Crippen molar-refractivity contribution >= 4 is 47.1 Å². The molecule has 3 aromatic carbocycles. The molecule has 0 radical (unpaired) electrons. The molecule has 0 aliphatic heterocycles. The van der Waals surface area contributed by atoms with Crippen molar-refractivity contribution in [1.29, 1.82) is 0 Å². The van der Waals surface area contributed by atoms with Crippen LogP contribution >= 0.6 is 23.4 Å². The van der Waals surface area contributed by atoms with Crippen LogP contribution < -0.4 is 10.7 Å². The van der Waals surface area contributed by atoms with Gasteiger partial charge in [0.15, 0.2) is 0 Å². The fourth-order valence-electron chi connectivity index (χ4n) is 3.25. The second kappa shape index (κ2) is 12.2. The van der Waals surface area contributed by atoms with Crippen LogP contribution in [0.15, 0.2) is 94.6 Å². The first-order valence-corrected chi connectivity index (χ1v) is 12.4. The quantitative estimate of drug-likeness (QED) is 0.194. The second-order valence-electron chi connectivity index (χ2n) is 7.67. The van der Waals surface area contributed by atoms with Crippen LogP contribution in [-0.2, 0) is 11.5 Å². The average Bonchev–Trinajstić information content (AvgIpc) is 3.40. The molecule has 2 amide bonds. The van der Waals surface area contributed by atoms with Gasteiger partial charge in [-0.25, -0.2) is 9.82 Å². The lowest BCUT2D eigenvalue weighted by molar-refractivity contribution is 0.0956. The normalized spacial score (nSPS) is 10.9. The van der Waals surface area contributed by atoms with Crippen LogP contribution in [0.3, 0.4) is 0 Å². The zero-order valence-electron chi connectivity index (χ0n) is 18.9. The summed E-state index contributed by atoms with van der Waals surface area (Å²) in [5.41, 5.74) is 4.90. The highest BCUT2D eigenvalue weighted by Crippen LogP contribution is 2.23. The summed E-state index contributed by atoms with van der Waals surface area (Å²) >= 11 is 7.77. The van der Waals surface area contributed by atoms with Gasteiger partial charge in [0.25, 0.3) is 11.8 Å². The van der Waals surface area contributed by atoms with Crippen molar-refractivity contribution in [2.75, 3.05) is 5.32 Å². The van der Waals surface area contributed by atoms with Gasteiger partial charge in [-0.15, -0.1) is 11.8 Å². The van der Waals surface area contributed by atoms with Crippen molar-refractivity contribution in [3.8, 4) is 0 Å². The molecule has 4 aromatic rings. The Balaban J connectivity index is 1.41. The molecule has 1 heterocycles. The van der Waals surface area contributed by atoms with Gasteiger partial charge in [0.05, 0.1) is 29.5 Å². The minimum absolute atomic E-state index is 0.150. The van der Waals surface area contributed by atoms with Gasteiger partial charge in [0, 0.05) is 16.3 Å². The van der Waals surface area contributed by atoms with Gasteiger partial charge >= 0.3 is 0 Å². The van der Waals surface area contributed by atoms with Crippen molar-refractivity contribution in [3.05, 3.63) is 124 Å². The van der Waals surface area contributed by atoms with Crippen LogP contribution in [0.5, 0.6) is 0 Å². The molecule has 0 saturated carbocycles. The van der Waals surface area contributed by atoms with Crippen molar-refractivity contribution in [2.24, 2.45) is 5.10 Å². The van der Waals surface area contributed by atoms with Crippen LogP contribution in [0.2, 0.25) is 5.02 Å². The number of hydrogen-bond acceptors (Lipinski definition) is 5. The molecule has 0 atom stereocenters. The van der Waals surface area contributed by atoms with Gasteiger partial charge in [-0.3, -0.25) is 9.59 Å². The minimum Gasteiger partial charge on any atom is -0.468 e. The molecule has 0 aliphatic rings. The summed E-state index contributed by atoms with van der Waals surface area (Å²) < 4.78 is 18.4. The summed E-state index contributed by atoms with van der Waals surface area (Å²) in [5, 5.41) is 7.01. The predicted molar refractivity (Wildman–Crippen MR) is 141 cm³/mol. The van der Waals surface area contributed by atoms with E-state index >= 15 is 0 Å². The van der Waals surface area contributed by atoms with Gasteiger partial charge in [0.2, 0.25) is 0 Å². The second-order valence-corrected chi connectivity index (χ2v) is 9.09. The Morgan fingerprint density at radius 1 is 0.972 bits per heavy atom. The fraction of sp³-hybridized carbons (Fsp3) is 0.0741. The van der Waals surface area contributed by atoms with Gasteiger partial charge < -0.3 is 9.73 Å². The highest BCUT2D eigenvalue weighted by molar-refractivity contribution is 7.97. The number of nitrogens with one attached hydrogen (secondary N) is 2. The molecule has 0 spiro atoms. The Morgan fingerprint density at radius 2 is 1.81 bits per heavy atom. The molecule has 0 unspecified atom stereocenters. The average molecular weight is 522 g/mol. The van der Waals surface area contributed by atoms with E-state index in [0.717, 1.165) is 17.1 Å². The molecular formula is C27H21ClFN3O3S. The number of thioether (sulfide) groups is 1. The highest BCUT2D eigenvalue weighted by atomic mass is 35.5. The summed E-state index contributed by atoms with van der Waals surface area (Å²) in [7, 11) is 0. The number of anilines is 1. The van der Waals surface area contributed by atoms with E-state index in [0.29, 0.717) is 21.9 Å². The number of hydrogen-bond donors (Lipinski definition) is 2. The lowest BCUT2D eigenvalue weighted by Crippen LogP contribution is -2.21. The van der Waals surface area contributed by atoms with E-state index in [2.05, 4.69) is 15.8 Å². The summed E-state index contributed by atoms with van der Waals surface area (Å²) in [6.07, 6.45) is 3.03. The zero-order valence-corrected chi connectivity index (χ0v) is 20.5. The van der Waals surface area contributed by atoms with Crippen molar-refractivity contribution in [1.82, 2.24) is 5.43 Å². The molecule has 0 saturated heterocycles. The van der Waals surface area contributed by atoms with E-state index in [9.17, 15) is 14.0 Å². The molecule has 0 aliphatic carbocycles. The largest absolute Gasteiger partial charge is 0.468 e. The third-order valence-corrected chi connectivity index (χ3v) is 6.27.